The minimum atomic E-state index is -0.933. The second kappa shape index (κ2) is 6.48. The van der Waals surface area contributed by atoms with Gasteiger partial charge in [0.1, 0.15) is 5.69 Å². The molecule has 0 aliphatic heterocycles. The molecule has 0 fully saturated rings. The fourth-order valence-corrected chi connectivity index (χ4v) is 3.51. The van der Waals surface area contributed by atoms with Crippen molar-refractivity contribution in [3.8, 4) is 11.3 Å². The van der Waals surface area contributed by atoms with E-state index in [1.165, 1.54) is 10.9 Å². The third kappa shape index (κ3) is 2.75. The molecule has 0 saturated carbocycles. The number of aryl methyl sites for hydroxylation is 1. The maximum Gasteiger partial charge on any atom is 0.352 e. The number of carbonyl (C=O) groups is 1. The highest BCUT2D eigenvalue weighted by Gasteiger charge is 2.16. The van der Waals surface area contributed by atoms with E-state index in [9.17, 15) is 9.90 Å². The second-order valence-electron chi connectivity index (χ2n) is 6.33. The Morgan fingerprint density at radius 1 is 1.04 bits per heavy atom. The molecule has 0 spiro atoms. The molecular weight excluding hydrogens is 324 g/mol. The first-order chi connectivity index (χ1) is 12.6. The third-order valence-electron chi connectivity index (χ3n) is 4.68. The quantitative estimate of drug-likeness (QED) is 0.582. The summed E-state index contributed by atoms with van der Waals surface area (Å²) < 4.78 is 1.85. The Bertz CT molecular complexity index is 1090. The lowest BCUT2D eigenvalue weighted by Crippen LogP contribution is -2.11. The van der Waals surface area contributed by atoms with Gasteiger partial charge in [-0.05, 0) is 53.1 Å². The monoisotopic (exact) mass is 342 g/mol. The summed E-state index contributed by atoms with van der Waals surface area (Å²) in [5, 5.41) is 12.0. The summed E-state index contributed by atoms with van der Waals surface area (Å²) in [6, 6.07) is 19.7. The number of carboxylic acids is 1. The van der Waals surface area contributed by atoms with Gasteiger partial charge in [-0.15, -0.1) is 0 Å². The van der Waals surface area contributed by atoms with Gasteiger partial charge in [-0.3, -0.25) is 4.98 Å². The van der Waals surface area contributed by atoms with Crippen LogP contribution in [0.5, 0.6) is 0 Å². The van der Waals surface area contributed by atoms with Crippen LogP contribution in [0.2, 0.25) is 0 Å². The van der Waals surface area contributed by atoms with Crippen molar-refractivity contribution in [1.82, 2.24) is 9.55 Å². The third-order valence-corrected chi connectivity index (χ3v) is 4.68. The van der Waals surface area contributed by atoms with Crippen molar-refractivity contribution in [2.45, 2.75) is 13.5 Å². The summed E-state index contributed by atoms with van der Waals surface area (Å²) in [7, 11) is 0. The lowest BCUT2D eigenvalue weighted by atomic mass is 10.00. The molecule has 0 bridgehead atoms. The van der Waals surface area contributed by atoms with Crippen LogP contribution in [0.25, 0.3) is 22.0 Å². The minimum Gasteiger partial charge on any atom is -0.477 e. The molecule has 26 heavy (non-hydrogen) atoms. The lowest BCUT2D eigenvalue weighted by Gasteiger charge is -2.15. The number of rotatable bonds is 4. The number of carboxylic acid groups (broad SMARTS) is 1. The molecule has 0 unspecified atom stereocenters. The van der Waals surface area contributed by atoms with Crippen LogP contribution >= 0.6 is 0 Å². The van der Waals surface area contributed by atoms with Gasteiger partial charge in [0.2, 0.25) is 0 Å². The van der Waals surface area contributed by atoms with Crippen LogP contribution in [0.15, 0.2) is 73.1 Å². The molecule has 0 radical (unpaired) electrons. The van der Waals surface area contributed by atoms with Gasteiger partial charge in [-0.2, -0.15) is 0 Å². The fourth-order valence-electron chi connectivity index (χ4n) is 3.51. The first-order valence-corrected chi connectivity index (χ1v) is 8.45. The SMILES string of the molecule is Cc1cccc2cccc(Cn3c(C(=O)O)ccc3-c3cccnc3)c12. The van der Waals surface area contributed by atoms with Crippen molar-refractivity contribution < 1.29 is 9.90 Å². The van der Waals surface area contributed by atoms with Crippen LogP contribution in [-0.2, 0) is 6.54 Å². The number of hydrogen-bond acceptors (Lipinski definition) is 2. The molecule has 1 N–H and O–H groups in total. The van der Waals surface area contributed by atoms with Gasteiger partial charge in [0.15, 0.2) is 0 Å². The molecule has 2 aromatic carbocycles. The molecule has 0 aliphatic carbocycles. The van der Waals surface area contributed by atoms with Gasteiger partial charge in [-0.25, -0.2) is 4.79 Å². The number of aromatic carboxylic acids is 1. The molecule has 0 aliphatic rings. The normalized spacial score (nSPS) is 11.0. The fraction of sp³-hybridized carbons (Fsp3) is 0.0909. The zero-order valence-corrected chi connectivity index (χ0v) is 14.4. The zero-order valence-electron chi connectivity index (χ0n) is 14.4. The van der Waals surface area contributed by atoms with Crippen LogP contribution in [-0.4, -0.2) is 20.6 Å². The molecule has 2 heterocycles. The van der Waals surface area contributed by atoms with E-state index in [0.717, 1.165) is 22.2 Å². The van der Waals surface area contributed by atoms with Crippen molar-refractivity contribution in [2.75, 3.05) is 0 Å². The molecular formula is C22H18N2O2. The minimum absolute atomic E-state index is 0.273. The van der Waals surface area contributed by atoms with Crippen molar-refractivity contribution in [3.05, 3.63) is 89.9 Å². The highest BCUT2D eigenvalue weighted by atomic mass is 16.4. The van der Waals surface area contributed by atoms with Gasteiger partial charge in [0, 0.05) is 24.5 Å². The van der Waals surface area contributed by atoms with Crippen molar-refractivity contribution in [1.29, 1.82) is 0 Å². The molecule has 0 saturated heterocycles. The van der Waals surface area contributed by atoms with E-state index in [1.807, 2.05) is 34.9 Å². The topological polar surface area (TPSA) is 55.1 Å². The van der Waals surface area contributed by atoms with Crippen molar-refractivity contribution >= 4 is 16.7 Å². The number of fused-ring (bicyclic) bond motifs is 1. The van der Waals surface area contributed by atoms with Crippen molar-refractivity contribution in [3.63, 3.8) is 0 Å². The molecule has 4 nitrogen and oxygen atoms in total. The van der Waals surface area contributed by atoms with E-state index in [4.69, 9.17) is 0 Å². The predicted octanol–water partition coefficient (Wildman–Crippen LogP) is 4.76. The largest absolute Gasteiger partial charge is 0.477 e. The van der Waals surface area contributed by atoms with E-state index in [1.54, 1.807) is 18.5 Å². The summed E-state index contributed by atoms with van der Waals surface area (Å²) in [4.78, 5) is 15.9. The maximum atomic E-state index is 11.8. The Labute approximate surface area is 151 Å². The van der Waals surface area contributed by atoms with E-state index in [-0.39, 0.29) is 5.69 Å². The van der Waals surface area contributed by atoms with Gasteiger partial charge >= 0.3 is 5.97 Å². The van der Waals surface area contributed by atoms with Crippen LogP contribution < -0.4 is 0 Å². The van der Waals surface area contributed by atoms with Crippen LogP contribution in [0.4, 0.5) is 0 Å². The molecule has 4 rings (SSSR count). The first kappa shape index (κ1) is 16.1. The Hall–Kier alpha value is -3.40. The maximum absolute atomic E-state index is 11.8. The molecule has 4 heteroatoms. The number of pyridine rings is 1. The van der Waals surface area contributed by atoms with Crippen LogP contribution in [0.1, 0.15) is 21.6 Å². The van der Waals surface area contributed by atoms with Gasteiger partial charge in [0.05, 0.1) is 5.69 Å². The average molecular weight is 342 g/mol. The number of aromatic nitrogens is 2. The lowest BCUT2D eigenvalue weighted by molar-refractivity contribution is 0.0686. The van der Waals surface area contributed by atoms with E-state index in [2.05, 4.69) is 36.2 Å². The predicted molar refractivity (Wildman–Crippen MR) is 102 cm³/mol. The first-order valence-electron chi connectivity index (χ1n) is 8.45. The summed E-state index contributed by atoms with van der Waals surface area (Å²) in [6.07, 6.45) is 3.47. The van der Waals surface area contributed by atoms with Gasteiger partial charge < -0.3 is 9.67 Å². The molecule has 0 amide bonds. The summed E-state index contributed by atoms with van der Waals surface area (Å²) in [6.45, 7) is 2.57. The summed E-state index contributed by atoms with van der Waals surface area (Å²) >= 11 is 0. The molecule has 0 atom stereocenters. The zero-order chi connectivity index (χ0) is 18.1. The Balaban J connectivity index is 1.89. The van der Waals surface area contributed by atoms with E-state index >= 15 is 0 Å². The Morgan fingerprint density at radius 2 is 1.85 bits per heavy atom. The van der Waals surface area contributed by atoms with E-state index < -0.39 is 5.97 Å². The second-order valence-corrected chi connectivity index (χ2v) is 6.33. The van der Waals surface area contributed by atoms with Crippen LogP contribution in [0, 0.1) is 6.92 Å². The highest BCUT2D eigenvalue weighted by Crippen LogP contribution is 2.27. The smallest absolute Gasteiger partial charge is 0.352 e. The van der Waals surface area contributed by atoms with Crippen LogP contribution in [0.3, 0.4) is 0 Å². The molecule has 2 aromatic heterocycles. The number of nitrogens with zero attached hydrogens (tertiary/aromatic N) is 2. The van der Waals surface area contributed by atoms with Crippen molar-refractivity contribution in [2.24, 2.45) is 0 Å². The number of hydrogen-bond donors (Lipinski definition) is 1. The summed E-state index contributed by atoms with van der Waals surface area (Å²) in [5.74, 6) is -0.933. The standard InChI is InChI=1S/C22H18N2O2/c1-15-5-2-6-16-7-3-8-18(21(15)16)14-24-19(10-11-20(24)22(25)26)17-9-4-12-23-13-17/h2-13H,14H2,1H3,(H,25,26). The van der Waals surface area contributed by atoms with Gasteiger partial charge in [-0.1, -0.05) is 36.4 Å². The Morgan fingerprint density at radius 3 is 2.58 bits per heavy atom. The number of benzene rings is 2. The van der Waals surface area contributed by atoms with Gasteiger partial charge in [0.25, 0.3) is 0 Å². The average Bonchev–Trinajstić information content (AvgIpc) is 3.06. The Kier molecular flexibility index (Phi) is 4.01. The molecule has 4 aromatic rings. The highest BCUT2D eigenvalue weighted by molar-refractivity contribution is 5.90. The summed E-state index contributed by atoms with van der Waals surface area (Å²) in [5.41, 5.74) is 4.31. The van der Waals surface area contributed by atoms with E-state index in [0.29, 0.717) is 6.54 Å². The molecule has 128 valence electrons.